The second kappa shape index (κ2) is 5.65. The van der Waals surface area contributed by atoms with Crippen LogP contribution >= 0.6 is 0 Å². The van der Waals surface area contributed by atoms with E-state index in [2.05, 4.69) is 36.1 Å². The smallest absolute Gasteiger partial charge is 0.111 e. The van der Waals surface area contributed by atoms with Crippen molar-refractivity contribution < 1.29 is 4.74 Å². The SMILES string of the molecule is CCC(c1ncc(C(C)C)[nH]1)C1COCCN1. The molecule has 96 valence electrons. The van der Waals surface area contributed by atoms with E-state index in [9.17, 15) is 0 Å². The highest BCUT2D eigenvalue weighted by Gasteiger charge is 2.26. The summed E-state index contributed by atoms with van der Waals surface area (Å²) in [6.07, 6.45) is 3.04. The molecule has 17 heavy (non-hydrogen) atoms. The second-order valence-electron chi connectivity index (χ2n) is 5.03. The van der Waals surface area contributed by atoms with Crippen LogP contribution in [0.15, 0.2) is 6.20 Å². The summed E-state index contributed by atoms with van der Waals surface area (Å²) in [5.41, 5.74) is 1.22. The maximum atomic E-state index is 5.54. The van der Waals surface area contributed by atoms with Crippen LogP contribution in [0.1, 0.15) is 50.5 Å². The molecule has 2 N–H and O–H groups in total. The van der Waals surface area contributed by atoms with E-state index in [0.717, 1.165) is 32.0 Å². The van der Waals surface area contributed by atoms with E-state index in [4.69, 9.17) is 4.74 Å². The zero-order valence-electron chi connectivity index (χ0n) is 11.0. The molecule has 0 spiro atoms. The normalized spacial score (nSPS) is 22.9. The van der Waals surface area contributed by atoms with Crippen molar-refractivity contribution in [1.29, 1.82) is 0 Å². The summed E-state index contributed by atoms with van der Waals surface area (Å²) in [4.78, 5) is 7.99. The summed E-state index contributed by atoms with van der Waals surface area (Å²) in [5.74, 6) is 2.02. The number of morpholine rings is 1. The molecule has 1 fully saturated rings. The average molecular weight is 237 g/mol. The van der Waals surface area contributed by atoms with Gasteiger partial charge in [0.2, 0.25) is 0 Å². The van der Waals surface area contributed by atoms with Gasteiger partial charge >= 0.3 is 0 Å². The number of imidazole rings is 1. The van der Waals surface area contributed by atoms with Crippen molar-refractivity contribution in [1.82, 2.24) is 15.3 Å². The number of nitrogens with zero attached hydrogens (tertiary/aromatic N) is 1. The van der Waals surface area contributed by atoms with Gasteiger partial charge in [-0.15, -0.1) is 0 Å². The topological polar surface area (TPSA) is 49.9 Å². The fraction of sp³-hybridized carbons (Fsp3) is 0.769. The standard InChI is InChI=1S/C13H23N3O/c1-4-10(12-8-17-6-5-14-12)13-15-7-11(16-13)9(2)3/h7,9-10,12,14H,4-6,8H2,1-3H3,(H,15,16). The average Bonchev–Trinajstić information content (AvgIpc) is 2.81. The first-order valence-electron chi connectivity index (χ1n) is 6.58. The van der Waals surface area contributed by atoms with Crippen LogP contribution in [0, 0.1) is 0 Å². The Kier molecular flexibility index (Phi) is 4.18. The van der Waals surface area contributed by atoms with Crippen molar-refractivity contribution in [3.63, 3.8) is 0 Å². The number of nitrogens with one attached hydrogen (secondary N) is 2. The molecule has 2 rings (SSSR count). The van der Waals surface area contributed by atoms with E-state index in [0.29, 0.717) is 17.9 Å². The quantitative estimate of drug-likeness (QED) is 0.842. The van der Waals surface area contributed by atoms with Gasteiger partial charge in [0.25, 0.3) is 0 Å². The third-order valence-corrected chi connectivity index (χ3v) is 3.46. The molecule has 4 nitrogen and oxygen atoms in total. The maximum Gasteiger partial charge on any atom is 0.111 e. The molecular weight excluding hydrogens is 214 g/mol. The zero-order valence-corrected chi connectivity index (χ0v) is 11.0. The largest absolute Gasteiger partial charge is 0.378 e. The molecule has 1 aliphatic heterocycles. The minimum atomic E-state index is 0.389. The van der Waals surface area contributed by atoms with Crippen LogP contribution < -0.4 is 5.32 Å². The maximum absolute atomic E-state index is 5.54. The van der Waals surface area contributed by atoms with E-state index in [1.165, 1.54) is 5.69 Å². The highest BCUT2D eigenvalue weighted by atomic mass is 16.5. The molecular formula is C13H23N3O. The Morgan fingerprint density at radius 1 is 1.53 bits per heavy atom. The molecule has 1 aromatic heterocycles. The summed E-state index contributed by atoms with van der Waals surface area (Å²) in [5, 5.41) is 3.52. The van der Waals surface area contributed by atoms with Crippen molar-refractivity contribution in [2.75, 3.05) is 19.8 Å². The molecule has 0 amide bonds. The van der Waals surface area contributed by atoms with E-state index in [1.807, 2.05) is 6.20 Å². The van der Waals surface area contributed by atoms with Crippen LogP contribution in [0.4, 0.5) is 0 Å². The number of ether oxygens (including phenoxy) is 1. The van der Waals surface area contributed by atoms with Crippen LogP contribution in [0.2, 0.25) is 0 Å². The Balaban J connectivity index is 2.10. The summed E-state index contributed by atoms with van der Waals surface area (Å²) >= 11 is 0. The number of H-pyrrole nitrogens is 1. The van der Waals surface area contributed by atoms with Gasteiger partial charge in [-0.3, -0.25) is 0 Å². The Labute approximate surface area is 103 Å². The molecule has 2 unspecified atom stereocenters. The van der Waals surface area contributed by atoms with Gasteiger partial charge in [0.15, 0.2) is 0 Å². The van der Waals surface area contributed by atoms with Crippen LogP contribution in [-0.2, 0) is 4.74 Å². The van der Waals surface area contributed by atoms with Gasteiger partial charge in [-0.1, -0.05) is 20.8 Å². The Morgan fingerprint density at radius 3 is 2.88 bits per heavy atom. The molecule has 0 aromatic carbocycles. The van der Waals surface area contributed by atoms with E-state index in [-0.39, 0.29) is 0 Å². The van der Waals surface area contributed by atoms with Gasteiger partial charge in [-0.2, -0.15) is 0 Å². The fourth-order valence-corrected chi connectivity index (χ4v) is 2.35. The van der Waals surface area contributed by atoms with Crippen molar-refractivity contribution in [3.05, 3.63) is 17.7 Å². The minimum absolute atomic E-state index is 0.389. The molecule has 1 saturated heterocycles. The van der Waals surface area contributed by atoms with Crippen LogP contribution in [0.3, 0.4) is 0 Å². The van der Waals surface area contributed by atoms with E-state index >= 15 is 0 Å². The van der Waals surface area contributed by atoms with Crippen molar-refractivity contribution in [2.45, 2.75) is 45.1 Å². The van der Waals surface area contributed by atoms with Crippen molar-refractivity contribution in [3.8, 4) is 0 Å². The first kappa shape index (κ1) is 12.6. The lowest BCUT2D eigenvalue weighted by atomic mass is 9.96. The minimum Gasteiger partial charge on any atom is -0.378 e. The first-order valence-corrected chi connectivity index (χ1v) is 6.58. The van der Waals surface area contributed by atoms with Gasteiger partial charge in [-0.05, 0) is 12.3 Å². The highest BCUT2D eigenvalue weighted by molar-refractivity contribution is 5.11. The first-order chi connectivity index (χ1) is 8.22. The molecule has 0 aliphatic carbocycles. The second-order valence-corrected chi connectivity index (χ2v) is 5.03. The van der Waals surface area contributed by atoms with E-state index < -0.39 is 0 Å². The lowest BCUT2D eigenvalue weighted by Crippen LogP contribution is -2.45. The molecule has 2 heterocycles. The van der Waals surface area contributed by atoms with Gasteiger partial charge < -0.3 is 15.0 Å². The lowest BCUT2D eigenvalue weighted by Gasteiger charge is -2.29. The molecule has 0 saturated carbocycles. The number of hydrogen-bond donors (Lipinski definition) is 2. The summed E-state index contributed by atoms with van der Waals surface area (Å²) < 4.78 is 5.54. The monoisotopic (exact) mass is 237 g/mol. The Bertz CT molecular complexity index is 342. The summed E-state index contributed by atoms with van der Waals surface area (Å²) in [6.45, 7) is 9.12. The lowest BCUT2D eigenvalue weighted by molar-refractivity contribution is 0.0664. The summed E-state index contributed by atoms with van der Waals surface area (Å²) in [6, 6.07) is 0.389. The van der Waals surface area contributed by atoms with Crippen LogP contribution in [0.25, 0.3) is 0 Å². The predicted molar refractivity (Wildman–Crippen MR) is 68.3 cm³/mol. The highest BCUT2D eigenvalue weighted by Crippen LogP contribution is 2.23. The Morgan fingerprint density at radius 2 is 2.35 bits per heavy atom. The molecule has 1 aromatic rings. The number of aromatic amines is 1. The van der Waals surface area contributed by atoms with Gasteiger partial charge in [0.05, 0.1) is 13.2 Å². The molecule has 1 aliphatic rings. The van der Waals surface area contributed by atoms with E-state index in [1.54, 1.807) is 0 Å². The third kappa shape index (κ3) is 2.87. The van der Waals surface area contributed by atoms with Gasteiger partial charge in [0, 0.05) is 30.4 Å². The molecule has 4 heteroatoms. The third-order valence-electron chi connectivity index (χ3n) is 3.46. The summed E-state index contributed by atoms with van der Waals surface area (Å²) in [7, 11) is 0. The van der Waals surface area contributed by atoms with Crippen molar-refractivity contribution >= 4 is 0 Å². The number of aromatic nitrogens is 2. The number of hydrogen-bond acceptors (Lipinski definition) is 3. The Hall–Kier alpha value is -0.870. The molecule has 2 atom stereocenters. The zero-order chi connectivity index (χ0) is 12.3. The van der Waals surface area contributed by atoms with Crippen LogP contribution in [0.5, 0.6) is 0 Å². The number of rotatable bonds is 4. The molecule has 0 bridgehead atoms. The predicted octanol–water partition coefficient (Wildman–Crippen LogP) is 2.02. The van der Waals surface area contributed by atoms with Crippen LogP contribution in [-0.4, -0.2) is 35.8 Å². The van der Waals surface area contributed by atoms with Gasteiger partial charge in [-0.25, -0.2) is 4.98 Å². The van der Waals surface area contributed by atoms with Crippen molar-refractivity contribution in [2.24, 2.45) is 0 Å². The van der Waals surface area contributed by atoms with Gasteiger partial charge in [0.1, 0.15) is 5.82 Å². The fourth-order valence-electron chi connectivity index (χ4n) is 2.35. The molecule has 0 radical (unpaired) electrons.